The van der Waals surface area contributed by atoms with Crippen LogP contribution in [-0.4, -0.2) is 17.6 Å². The Kier molecular flexibility index (Phi) is 3.99. The molecule has 0 spiro atoms. The number of hydrogen-bond donors (Lipinski definition) is 2. The topological polar surface area (TPSA) is 27.8 Å². The largest absolute Gasteiger partial charge is 0.358 e. The molecule has 2 nitrogen and oxygen atoms in total. The molecule has 1 aliphatic carbocycles. The second-order valence-corrected chi connectivity index (χ2v) is 8.44. The maximum absolute atomic E-state index is 3.73. The van der Waals surface area contributed by atoms with E-state index in [9.17, 15) is 0 Å². The van der Waals surface area contributed by atoms with E-state index >= 15 is 0 Å². The summed E-state index contributed by atoms with van der Waals surface area (Å²) in [4.78, 5) is 5.10. The lowest BCUT2D eigenvalue weighted by Gasteiger charge is -2.30. The molecule has 2 N–H and O–H groups in total. The summed E-state index contributed by atoms with van der Waals surface area (Å²) in [5.41, 5.74) is 5.92. The molecule has 128 valence electrons. The van der Waals surface area contributed by atoms with Gasteiger partial charge in [0.25, 0.3) is 0 Å². The van der Waals surface area contributed by atoms with Crippen LogP contribution in [0.5, 0.6) is 0 Å². The highest BCUT2D eigenvalue weighted by molar-refractivity contribution is 7.11. The van der Waals surface area contributed by atoms with Gasteiger partial charge in [0, 0.05) is 34.1 Å². The number of hydrogen-bond acceptors (Lipinski definition) is 2. The van der Waals surface area contributed by atoms with Gasteiger partial charge in [-0.3, -0.25) is 0 Å². The zero-order valence-corrected chi connectivity index (χ0v) is 15.2. The van der Waals surface area contributed by atoms with Crippen molar-refractivity contribution in [2.24, 2.45) is 5.92 Å². The minimum Gasteiger partial charge on any atom is -0.358 e. The molecular weight excluding hydrogens is 324 g/mol. The molecule has 0 amide bonds. The monoisotopic (exact) mass is 348 g/mol. The van der Waals surface area contributed by atoms with Gasteiger partial charge in [0.05, 0.1) is 0 Å². The Hall–Kier alpha value is -1.84. The SMILES string of the molecule is C1=C(c2cccs2)CC(CC2CCc3[nH]c4ccccc4c3C2)NC1. The molecule has 1 aromatic carbocycles. The van der Waals surface area contributed by atoms with Gasteiger partial charge in [0.1, 0.15) is 0 Å². The van der Waals surface area contributed by atoms with Gasteiger partial charge in [0.2, 0.25) is 0 Å². The van der Waals surface area contributed by atoms with Gasteiger partial charge in [-0.15, -0.1) is 11.3 Å². The van der Waals surface area contributed by atoms with E-state index in [1.165, 1.54) is 53.6 Å². The van der Waals surface area contributed by atoms with Gasteiger partial charge in [-0.05, 0) is 66.7 Å². The standard InChI is InChI=1S/C22H24N2S/c1-2-5-20-18(4-1)19-13-15(7-8-21(19)24-20)12-17-14-16(9-10-23-17)22-6-3-11-25-22/h1-6,9,11,15,17,23-24H,7-8,10,12-14H2. The number of benzene rings is 1. The number of aromatic nitrogens is 1. The van der Waals surface area contributed by atoms with E-state index in [0.717, 1.165) is 12.5 Å². The minimum atomic E-state index is 0.624. The van der Waals surface area contributed by atoms with Gasteiger partial charge in [-0.25, -0.2) is 0 Å². The first kappa shape index (κ1) is 15.4. The van der Waals surface area contributed by atoms with Crippen LogP contribution < -0.4 is 5.32 Å². The molecule has 3 aromatic rings. The summed E-state index contributed by atoms with van der Waals surface area (Å²) >= 11 is 1.87. The normalized spacial score (nSPS) is 23.4. The van der Waals surface area contributed by atoms with E-state index in [2.05, 4.69) is 58.2 Å². The van der Waals surface area contributed by atoms with E-state index in [-0.39, 0.29) is 0 Å². The number of fused-ring (bicyclic) bond motifs is 3. The molecule has 2 unspecified atom stereocenters. The van der Waals surface area contributed by atoms with Crippen molar-refractivity contribution in [2.45, 2.75) is 38.1 Å². The molecule has 25 heavy (non-hydrogen) atoms. The Morgan fingerprint density at radius 3 is 2.96 bits per heavy atom. The van der Waals surface area contributed by atoms with Gasteiger partial charge < -0.3 is 10.3 Å². The second-order valence-electron chi connectivity index (χ2n) is 7.49. The molecule has 0 fully saturated rings. The maximum atomic E-state index is 3.73. The van der Waals surface area contributed by atoms with Crippen LogP contribution >= 0.6 is 11.3 Å². The summed E-state index contributed by atoms with van der Waals surface area (Å²) in [5, 5.41) is 7.36. The Morgan fingerprint density at radius 1 is 1.08 bits per heavy atom. The number of nitrogens with one attached hydrogen (secondary N) is 2. The third-order valence-electron chi connectivity index (χ3n) is 5.87. The highest BCUT2D eigenvalue weighted by Crippen LogP contribution is 2.35. The molecule has 0 bridgehead atoms. The fraction of sp³-hybridized carbons (Fsp3) is 0.364. The fourth-order valence-corrected chi connectivity index (χ4v) is 5.42. The molecule has 0 saturated carbocycles. The first-order valence-corrected chi connectivity index (χ1v) is 10.3. The zero-order valence-electron chi connectivity index (χ0n) is 14.4. The van der Waals surface area contributed by atoms with Crippen molar-refractivity contribution in [3.63, 3.8) is 0 Å². The van der Waals surface area contributed by atoms with Crippen LogP contribution in [0.25, 0.3) is 16.5 Å². The average molecular weight is 349 g/mol. The molecule has 1 aliphatic heterocycles. The lowest BCUT2D eigenvalue weighted by molar-refractivity contribution is 0.356. The van der Waals surface area contributed by atoms with Crippen LogP contribution in [0.3, 0.4) is 0 Å². The van der Waals surface area contributed by atoms with Crippen LogP contribution in [0.2, 0.25) is 0 Å². The summed E-state index contributed by atoms with van der Waals surface area (Å²) in [5.74, 6) is 0.798. The average Bonchev–Trinajstić information content (AvgIpc) is 3.30. The Labute approximate surface area is 153 Å². The van der Waals surface area contributed by atoms with Crippen molar-refractivity contribution in [3.05, 3.63) is 64.0 Å². The van der Waals surface area contributed by atoms with E-state index in [1.807, 2.05) is 11.3 Å². The van der Waals surface area contributed by atoms with Gasteiger partial charge >= 0.3 is 0 Å². The van der Waals surface area contributed by atoms with Gasteiger partial charge in [-0.2, -0.15) is 0 Å². The summed E-state index contributed by atoms with van der Waals surface area (Å²) in [6, 6.07) is 13.8. The van der Waals surface area contributed by atoms with Crippen molar-refractivity contribution >= 4 is 27.8 Å². The molecule has 2 atom stereocenters. The molecule has 5 rings (SSSR count). The van der Waals surface area contributed by atoms with Crippen LogP contribution in [-0.2, 0) is 12.8 Å². The van der Waals surface area contributed by atoms with Crippen LogP contribution in [0.1, 0.15) is 35.4 Å². The smallest absolute Gasteiger partial charge is 0.0458 e. The quantitative estimate of drug-likeness (QED) is 0.671. The number of rotatable bonds is 3. The minimum absolute atomic E-state index is 0.624. The molecule has 3 heterocycles. The van der Waals surface area contributed by atoms with Gasteiger partial charge in [-0.1, -0.05) is 30.3 Å². The van der Waals surface area contributed by atoms with Crippen LogP contribution in [0.4, 0.5) is 0 Å². The van der Waals surface area contributed by atoms with E-state index in [4.69, 9.17) is 0 Å². The van der Waals surface area contributed by atoms with Crippen molar-refractivity contribution in [1.29, 1.82) is 0 Å². The Bertz CT molecular complexity index is 903. The number of aromatic amines is 1. The lowest BCUT2D eigenvalue weighted by atomic mass is 9.81. The van der Waals surface area contributed by atoms with Crippen LogP contribution in [0.15, 0.2) is 47.9 Å². The molecule has 3 heteroatoms. The second kappa shape index (κ2) is 6.47. The Morgan fingerprint density at radius 2 is 2.04 bits per heavy atom. The van der Waals surface area contributed by atoms with Crippen LogP contribution in [0, 0.1) is 5.92 Å². The predicted octanol–water partition coefficient (Wildman–Crippen LogP) is 5.17. The fourth-order valence-electron chi connectivity index (χ4n) is 4.64. The summed E-state index contributed by atoms with van der Waals surface area (Å²) in [6.45, 7) is 1.02. The van der Waals surface area contributed by atoms with Crippen molar-refractivity contribution in [2.75, 3.05) is 6.54 Å². The van der Waals surface area contributed by atoms with Crippen molar-refractivity contribution in [3.8, 4) is 0 Å². The summed E-state index contributed by atoms with van der Waals surface area (Å²) in [7, 11) is 0. The zero-order chi connectivity index (χ0) is 16.6. The molecule has 2 aromatic heterocycles. The lowest BCUT2D eigenvalue weighted by Crippen LogP contribution is -2.35. The van der Waals surface area contributed by atoms with Gasteiger partial charge in [0.15, 0.2) is 0 Å². The number of thiophene rings is 1. The van der Waals surface area contributed by atoms with E-state index in [0.29, 0.717) is 6.04 Å². The summed E-state index contributed by atoms with van der Waals surface area (Å²) in [6.07, 6.45) is 8.60. The Balaban J connectivity index is 1.30. The number of aryl methyl sites for hydroxylation is 1. The van der Waals surface area contributed by atoms with Crippen molar-refractivity contribution in [1.82, 2.24) is 10.3 Å². The highest BCUT2D eigenvalue weighted by atomic mass is 32.1. The first-order chi connectivity index (χ1) is 12.4. The molecule has 0 saturated heterocycles. The third-order valence-corrected chi connectivity index (χ3v) is 6.82. The molecular formula is C22H24N2S. The predicted molar refractivity (Wildman–Crippen MR) is 107 cm³/mol. The maximum Gasteiger partial charge on any atom is 0.0458 e. The first-order valence-electron chi connectivity index (χ1n) is 9.41. The molecule has 0 radical (unpaired) electrons. The van der Waals surface area contributed by atoms with Crippen molar-refractivity contribution < 1.29 is 0 Å². The summed E-state index contributed by atoms with van der Waals surface area (Å²) < 4.78 is 0. The highest BCUT2D eigenvalue weighted by Gasteiger charge is 2.26. The number of H-pyrrole nitrogens is 1. The van der Waals surface area contributed by atoms with E-state index in [1.54, 1.807) is 11.1 Å². The molecule has 2 aliphatic rings. The third kappa shape index (κ3) is 2.96. The van der Waals surface area contributed by atoms with E-state index < -0.39 is 0 Å². The number of para-hydroxylation sites is 1.